The topological polar surface area (TPSA) is 84.0 Å². The van der Waals surface area contributed by atoms with E-state index in [4.69, 9.17) is 0 Å². The Hall–Kier alpha value is -2.67. The molecule has 0 saturated heterocycles. The van der Waals surface area contributed by atoms with E-state index in [-0.39, 0.29) is 17.2 Å². The Bertz CT molecular complexity index is 1030. The van der Waals surface area contributed by atoms with Crippen molar-refractivity contribution in [3.05, 3.63) is 67.7 Å². The first kappa shape index (κ1) is 19.1. The smallest absolute Gasteiger partial charge is 0.328 e. The largest absolute Gasteiger partial charge is 0.352 e. The molecule has 0 unspecified atom stereocenters. The number of aromatic nitrogens is 2. The van der Waals surface area contributed by atoms with Gasteiger partial charge in [0.1, 0.15) is 4.70 Å². The van der Waals surface area contributed by atoms with Crippen LogP contribution in [0.5, 0.6) is 0 Å². The van der Waals surface area contributed by atoms with Gasteiger partial charge in [0, 0.05) is 19.5 Å². The summed E-state index contributed by atoms with van der Waals surface area (Å²) in [6.45, 7) is 2.93. The lowest BCUT2D eigenvalue weighted by Gasteiger charge is -2.07. The third-order valence-corrected chi connectivity index (χ3v) is 5.39. The van der Waals surface area contributed by atoms with Crippen LogP contribution < -0.4 is 16.6 Å². The van der Waals surface area contributed by atoms with Crippen molar-refractivity contribution < 1.29 is 4.79 Å². The average molecular weight is 385 g/mol. The first-order valence-corrected chi connectivity index (χ1v) is 9.95. The highest BCUT2D eigenvalue weighted by molar-refractivity contribution is 7.17. The van der Waals surface area contributed by atoms with Crippen LogP contribution >= 0.6 is 11.3 Å². The Morgan fingerprint density at radius 2 is 1.89 bits per heavy atom. The molecule has 0 radical (unpaired) electrons. The Labute approximate surface area is 160 Å². The van der Waals surface area contributed by atoms with E-state index >= 15 is 0 Å². The SMILES string of the molecule is Cc1ccc(CNC(=O)CCCCCn2c(=O)[nH]c3ccsc3c2=O)cc1. The second kappa shape index (κ2) is 8.81. The molecule has 0 fully saturated rings. The third-order valence-electron chi connectivity index (χ3n) is 4.49. The molecule has 2 aromatic heterocycles. The van der Waals surface area contributed by atoms with E-state index in [2.05, 4.69) is 10.3 Å². The zero-order chi connectivity index (χ0) is 19.2. The molecule has 6 nitrogen and oxygen atoms in total. The second-order valence-corrected chi connectivity index (χ2v) is 7.54. The van der Waals surface area contributed by atoms with Crippen molar-refractivity contribution in [1.82, 2.24) is 14.9 Å². The van der Waals surface area contributed by atoms with E-state index in [1.54, 1.807) is 11.4 Å². The standard InChI is InChI=1S/C20H23N3O3S/c1-14-6-8-15(9-7-14)13-21-17(24)5-3-2-4-11-23-19(25)18-16(10-12-27-18)22-20(23)26/h6-10,12H,2-5,11,13H2,1H3,(H,21,24)(H,22,26). The zero-order valence-electron chi connectivity index (χ0n) is 15.3. The third kappa shape index (κ3) is 4.95. The number of nitrogens with zero attached hydrogens (tertiary/aromatic N) is 1. The summed E-state index contributed by atoms with van der Waals surface area (Å²) in [6.07, 6.45) is 2.64. The summed E-state index contributed by atoms with van der Waals surface area (Å²) >= 11 is 1.33. The molecule has 27 heavy (non-hydrogen) atoms. The highest BCUT2D eigenvalue weighted by Crippen LogP contribution is 2.12. The lowest BCUT2D eigenvalue weighted by atomic mass is 10.1. The van der Waals surface area contributed by atoms with Gasteiger partial charge in [0.25, 0.3) is 5.56 Å². The van der Waals surface area contributed by atoms with Crippen molar-refractivity contribution >= 4 is 27.5 Å². The Morgan fingerprint density at radius 3 is 2.67 bits per heavy atom. The number of rotatable bonds is 8. The average Bonchev–Trinajstić information content (AvgIpc) is 3.12. The van der Waals surface area contributed by atoms with Crippen LogP contribution in [0.15, 0.2) is 45.3 Å². The lowest BCUT2D eigenvalue weighted by Crippen LogP contribution is -2.34. The van der Waals surface area contributed by atoms with Gasteiger partial charge in [-0.15, -0.1) is 11.3 Å². The van der Waals surface area contributed by atoms with Crippen molar-refractivity contribution in [3.8, 4) is 0 Å². The van der Waals surface area contributed by atoms with Gasteiger partial charge in [0.2, 0.25) is 5.91 Å². The van der Waals surface area contributed by atoms with Gasteiger partial charge < -0.3 is 10.3 Å². The van der Waals surface area contributed by atoms with Crippen molar-refractivity contribution in [3.63, 3.8) is 0 Å². The van der Waals surface area contributed by atoms with Gasteiger partial charge in [0.05, 0.1) is 5.52 Å². The van der Waals surface area contributed by atoms with Crippen molar-refractivity contribution in [1.29, 1.82) is 0 Å². The molecule has 142 valence electrons. The number of carbonyl (C=O) groups is 1. The van der Waals surface area contributed by atoms with E-state index in [9.17, 15) is 14.4 Å². The van der Waals surface area contributed by atoms with Crippen LogP contribution in [0.2, 0.25) is 0 Å². The number of nitrogens with one attached hydrogen (secondary N) is 2. The van der Waals surface area contributed by atoms with E-state index in [1.807, 2.05) is 31.2 Å². The number of carbonyl (C=O) groups excluding carboxylic acids is 1. The summed E-state index contributed by atoms with van der Waals surface area (Å²) in [5.41, 5.74) is 2.26. The number of H-pyrrole nitrogens is 1. The number of unbranched alkanes of at least 4 members (excludes halogenated alkanes) is 2. The maximum absolute atomic E-state index is 12.3. The number of hydrogen-bond acceptors (Lipinski definition) is 4. The summed E-state index contributed by atoms with van der Waals surface area (Å²) in [5.74, 6) is 0.0191. The Kier molecular flexibility index (Phi) is 6.24. The van der Waals surface area contributed by atoms with Gasteiger partial charge in [-0.1, -0.05) is 36.2 Å². The van der Waals surface area contributed by atoms with Gasteiger partial charge >= 0.3 is 5.69 Å². The fraction of sp³-hybridized carbons (Fsp3) is 0.350. The zero-order valence-corrected chi connectivity index (χ0v) is 16.1. The second-order valence-electron chi connectivity index (χ2n) is 6.62. The number of amides is 1. The first-order valence-electron chi connectivity index (χ1n) is 9.07. The highest BCUT2D eigenvalue weighted by Gasteiger charge is 2.08. The highest BCUT2D eigenvalue weighted by atomic mass is 32.1. The molecule has 1 aromatic carbocycles. The molecule has 3 rings (SSSR count). The molecule has 3 aromatic rings. The van der Waals surface area contributed by atoms with Crippen LogP contribution in [0.1, 0.15) is 36.8 Å². The van der Waals surface area contributed by atoms with Crippen molar-refractivity contribution in [2.24, 2.45) is 0 Å². The number of hydrogen-bond donors (Lipinski definition) is 2. The number of aromatic amines is 1. The Morgan fingerprint density at radius 1 is 1.11 bits per heavy atom. The summed E-state index contributed by atoms with van der Waals surface area (Å²) in [4.78, 5) is 39.0. The molecule has 0 aliphatic carbocycles. The molecule has 1 amide bonds. The minimum Gasteiger partial charge on any atom is -0.352 e. The molecule has 2 N–H and O–H groups in total. The monoisotopic (exact) mass is 385 g/mol. The van der Waals surface area contributed by atoms with E-state index < -0.39 is 0 Å². The first-order chi connectivity index (χ1) is 13.0. The van der Waals surface area contributed by atoms with Gasteiger partial charge in [-0.05, 0) is 36.8 Å². The maximum Gasteiger partial charge on any atom is 0.328 e. The number of thiophene rings is 1. The van der Waals surface area contributed by atoms with E-state index in [0.717, 1.165) is 18.4 Å². The molecule has 7 heteroatoms. The van der Waals surface area contributed by atoms with Crippen LogP contribution in [0.25, 0.3) is 10.2 Å². The lowest BCUT2D eigenvalue weighted by molar-refractivity contribution is -0.121. The minimum absolute atomic E-state index is 0.0191. The molecule has 0 spiro atoms. The molecule has 0 saturated carbocycles. The van der Waals surface area contributed by atoms with Gasteiger partial charge in [0.15, 0.2) is 0 Å². The fourth-order valence-electron chi connectivity index (χ4n) is 2.90. The predicted molar refractivity (Wildman–Crippen MR) is 108 cm³/mol. The molecule has 0 aliphatic heterocycles. The van der Waals surface area contributed by atoms with E-state index in [0.29, 0.717) is 36.1 Å². The van der Waals surface area contributed by atoms with Gasteiger partial charge in [-0.25, -0.2) is 4.79 Å². The van der Waals surface area contributed by atoms with Gasteiger partial charge in [-0.3, -0.25) is 14.2 Å². The number of fused-ring (bicyclic) bond motifs is 1. The molecular formula is C20H23N3O3S. The molecular weight excluding hydrogens is 362 g/mol. The summed E-state index contributed by atoms with van der Waals surface area (Å²) in [6, 6.07) is 9.81. The number of aryl methyl sites for hydroxylation is 1. The fourth-order valence-corrected chi connectivity index (χ4v) is 3.70. The molecule has 0 aliphatic rings. The summed E-state index contributed by atoms with van der Waals surface area (Å²) in [7, 11) is 0. The van der Waals surface area contributed by atoms with E-state index in [1.165, 1.54) is 21.5 Å². The van der Waals surface area contributed by atoms with Crippen LogP contribution in [0, 0.1) is 6.92 Å². The summed E-state index contributed by atoms with van der Waals surface area (Å²) in [5, 5.41) is 4.71. The Balaban J connectivity index is 1.40. The van der Waals surface area contributed by atoms with Crippen molar-refractivity contribution in [2.45, 2.75) is 45.7 Å². The molecule has 0 atom stereocenters. The van der Waals surface area contributed by atoms with Crippen LogP contribution in [0.4, 0.5) is 0 Å². The molecule has 2 heterocycles. The minimum atomic E-state index is -0.373. The summed E-state index contributed by atoms with van der Waals surface area (Å²) < 4.78 is 1.82. The molecule has 0 bridgehead atoms. The van der Waals surface area contributed by atoms with Gasteiger partial charge in [-0.2, -0.15) is 0 Å². The normalized spacial score (nSPS) is 11.0. The van der Waals surface area contributed by atoms with Crippen LogP contribution in [0.3, 0.4) is 0 Å². The predicted octanol–water partition coefficient (Wildman–Crippen LogP) is 2.94. The quantitative estimate of drug-likeness (QED) is 0.585. The number of benzene rings is 1. The van der Waals surface area contributed by atoms with Crippen LogP contribution in [-0.4, -0.2) is 15.5 Å². The van der Waals surface area contributed by atoms with Crippen molar-refractivity contribution in [2.75, 3.05) is 0 Å². The van der Waals surface area contributed by atoms with Crippen LogP contribution in [-0.2, 0) is 17.9 Å². The maximum atomic E-state index is 12.3.